The molecule has 1 saturated heterocycles. The summed E-state index contributed by atoms with van der Waals surface area (Å²) in [5, 5.41) is 2.88. The highest BCUT2D eigenvalue weighted by atomic mass is 16.5. The fraction of sp³-hybridized carbons (Fsp3) is 0.375. The number of aryl methyl sites for hydroxylation is 3. The zero-order chi connectivity index (χ0) is 21.7. The number of carbonyl (C=O) groups excluding carboxylic acids is 3. The molecule has 2 amide bonds. The smallest absolute Gasteiger partial charge is 0.311 e. The molecule has 0 spiro atoms. The van der Waals surface area contributed by atoms with E-state index in [1.54, 1.807) is 4.90 Å². The van der Waals surface area contributed by atoms with Crippen LogP contribution in [0.25, 0.3) is 0 Å². The van der Waals surface area contributed by atoms with Crippen LogP contribution in [-0.4, -0.2) is 30.9 Å². The molecule has 0 radical (unpaired) electrons. The second kappa shape index (κ2) is 9.57. The van der Waals surface area contributed by atoms with E-state index in [1.807, 2.05) is 63.2 Å². The van der Waals surface area contributed by atoms with Crippen LogP contribution in [0.15, 0.2) is 42.5 Å². The van der Waals surface area contributed by atoms with Crippen molar-refractivity contribution in [2.45, 2.75) is 40.0 Å². The number of carbonyl (C=O) groups is 3. The molecule has 1 fully saturated rings. The van der Waals surface area contributed by atoms with Gasteiger partial charge in [-0.3, -0.25) is 14.4 Å². The summed E-state index contributed by atoms with van der Waals surface area (Å²) in [6.45, 7) is 5.91. The van der Waals surface area contributed by atoms with Crippen molar-refractivity contribution < 1.29 is 19.1 Å². The van der Waals surface area contributed by atoms with Gasteiger partial charge in [0.05, 0.1) is 5.92 Å². The van der Waals surface area contributed by atoms with Gasteiger partial charge in [0, 0.05) is 24.3 Å². The largest absolute Gasteiger partial charge is 0.455 e. The molecule has 1 atom stereocenters. The second-order valence-electron chi connectivity index (χ2n) is 7.56. The number of esters is 1. The number of hydrogen-bond acceptors (Lipinski definition) is 4. The van der Waals surface area contributed by atoms with Gasteiger partial charge in [-0.15, -0.1) is 0 Å². The Bertz CT molecular complexity index is 932. The number of rotatable bonds is 7. The molecule has 6 heteroatoms. The highest BCUT2D eigenvalue weighted by molar-refractivity contribution is 6.00. The van der Waals surface area contributed by atoms with E-state index in [9.17, 15) is 14.4 Å². The molecule has 0 aliphatic carbocycles. The third-order valence-corrected chi connectivity index (χ3v) is 5.38. The molecule has 30 heavy (non-hydrogen) atoms. The second-order valence-corrected chi connectivity index (χ2v) is 7.56. The van der Waals surface area contributed by atoms with E-state index in [4.69, 9.17) is 4.74 Å². The number of hydrogen-bond donors (Lipinski definition) is 1. The van der Waals surface area contributed by atoms with Crippen molar-refractivity contribution in [3.63, 3.8) is 0 Å². The summed E-state index contributed by atoms with van der Waals surface area (Å²) in [5.41, 5.74) is 4.71. The maximum absolute atomic E-state index is 12.5. The van der Waals surface area contributed by atoms with Crippen LogP contribution >= 0.6 is 0 Å². The standard InChI is InChI=1S/C24H28N2O4/c1-4-17-9-7-10-18(5-2)23(17)25-21(27)15-30-24(29)19-13-22(28)26(14-19)20-11-6-8-16(3)12-20/h6-12,19H,4-5,13-15H2,1-3H3,(H,25,27)/t19-/m1/s1. The van der Waals surface area contributed by atoms with Gasteiger partial charge in [-0.2, -0.15) is 0 Å². The molecule has 0 unspecified atom stereocenters. The SMILES string of the molecule is CCc1cccc(CC)c1NC(=O)COC(=O)[C@@H]1CC(=O)N(c2cccc(C)c2)C1. The normalized spacial score (nSPS) is 15.9. The lowest BCUT2D eigenvalue weighted by molar-refractivity contribution is -0.151. The van der Waals surface area contributed by atoms with E-state index in [-0.39, 0.29) is 31.4 Å². The minimum atomic E-state index is -0.569. The minimum Gasteiger partial charge on any atom is -0.455 e. The van der Waals surface area contributed by atoms with Crippen molar-refractivity contribution in [3.05, 3.63) is 59.2 Å². The lowest BCUT2D eigenvalue weighted by Crippen LogP contribution is -2.28. The van der Waals surface area contributed by atoms with Gasteiger partial charge < -0.3 is 15.0 Å². The molecule has 0 bridgehead atoms. The Morgan fingerprint density at radius 3 is 2.40 bits per heavy atom. The van der Waals surface area contributed by atoms with E-state index in [1.165, 1.54) is 0 Å². The van der Waals surface area contributed by atoms with Crippen LogP contribution in [0.5, 0.6) is 0 Å². The number of anilines is 2. The maximum atomic E-state index is 12.5. The van der Waals surface area contributed by atoms with Crippen molar-refractivity contribution in [1.82, 2.24) is 0 Å². The molecule has 1 N–H and O–H groups in total. The number of benzene rings is 2. The third-order valence-electron chi connectivity index (χ3n) is 5.38. The van der Waals surface area contributed by atoms with Gasteiger partial charge in [-0.05, 0) is 48.6 Å². The van der Waals surface area contributed by atoms with Gasteiger partial charge in [-0.25, -0.2) is 0 Å². The van der Waals surface area contributed by atoms with Gasteiger partial charge >= 0.3 is 5.97 Å². The Morgan fingerprint density at radius 1 is 1.10 bits per heavy atom. The summed E-state index contributed by atoms with van der Waals surface area (Å²) >= 11 is 0. The Morgan fingerprint density at radius 2 is 1.77 bits per heavy atom. The van der Waals surface area contributed by atoms with Crippen molar-refractivity contribution >= 4 is 29.2 Å². The first-order valence-corrected chi connectivity index (χ1v) is 10.4. The van der Waals surface area contributed by atoms with E-state index < -0.39 is 11.9 Å². The summed E-state index contributed by atoms with van der Waals surface area (Å²) in [5.74, 6) is -1.58. The molecule has 1 aliphatic heterocycles. The molecule has 6 nitrogen and oxygen atoms in total. The number of ether oxygens (including phenoxy) is 1. The van der Waals surface area contributed by atoms with Crippen molar-refractivity contribution in [2.75, 3.05) is 23.4 Å². The maximum Gasteiger partial charge on any atom is 0.311 e. The van der Waals surface area contributed by atoms with E-state index in [0.29, 0.717) is 0 Å². The predicted molar refractivity (Wildman–Crippen MR) is 116 cm³/mol. The molecule has 2 aromatic carbocycles. The first-order valence-electron chi connectivity index (χ1n) is 10.4. The van der Waals surface area contributed by atoms with Crippen LogP contribution in [-0.2, 0) is 32.0 Å². The quantitative estimate of drug-likeness (QED) is 0.710. The average molecular weight is 408 g/mol. The molecule has 1 aliphatic rings. The Labute approximate surface area is 177 Å². The Balaban J connectivity index is 1.57. The molecule has 0 saturated carbocycles. The van der Waals surface area contributed by atoms with Crippen LogP contribution in [0.3, 0.4) is 0 Å². The predicted octanol–water partition coefficient (Wildman–Crippen LogP) is 3.65. The first-order chi connectivity index (χ1) is 14.4. The highest BCUT2D eigenvalue weighted by Crippen LogP contribution is 2.27. The van der Waals surface area contributed by atoms with Crippen LogP contribution in [0.2, 0.25) is 0 Å². The molecular weight excluding hydrogens is 380 g/mol. The summed E-state index contributed by atoms with van der Waals surface area (Å²) in [6.07, 6.45) is 1.68. The van der Waals surface area contributed by atoms with Crippen molar-refractivity contribution in [1.29, 1.82) is 0 Å². The molecule has 3 rings (SSSR count). The van der Waals surface area contributed by atoms with Gasteiger partial charge in [0.25, 0.3) is 5.91 Å². The molecular formula is C24H28N2O4. The number of nitrogens with one attached hydrogen (secondary N) is 1. The zero-order valence-electron chi connectivity index (χ0n) is 17.7. The van der Waals surface area contributed by atoms with E-state index in [2.05, 4.69) is 5.32 Å². The van der Waals surface area contributed by atoms with Crippen LogP contribution in [0.4, 0.5) is 11.4 Å². The first kappa shape index (κ1) is 21.6. The van der Waals surface area contributed by atoms with E-state index in [0.717, 1.165) is 40.9 Å². The van der Waals surface area contributed by atoms with Crippen molar-refractivity contribution in [2.24, 2.45) is 5.92 Å². The monoisotopic (exact) mass is 408 g/mol. The fourth-order valence-electron chi connectivity index (χ4n) is 3.74. The molecule has 1 heterocycles. The van der Waals surface area contributed by atoms with Gasteiger partial charge in [0.15, 0.2) is 6.61 Å². The average Bonchev–Trinajstić information content (AvgIpc) is 3.14. The summed E-state index contributed by atoms with van der Waals surface area (Å²) in [6, 6.07) is 13.5. The van der Waals surface area contributed by atoms with Crippen LogP contribution in [0.1, 0.15) is 37.0 Å². The number of nitrogens with zero attached hydrogens (tertiary/aromatic N) is 1. The van der Waals surface area contributed by atoms with Crippen LogP contribution in [0, 0.1) is 12.8 Å². The molecule has 2 aromatic rings. The lowest BCUT2D eigenvalue weighted by Gasteiger charge is -2.17. The minimum absolute atomic E-state index is 0.0903. The Hall–Kier alpha value is -3.15. The van der Waals surface area contributed by atoms with Gasteiger partial charge in [0.2, 0.25) is 5.91 Å². The Kier molecular flexibility index (Phi) is 6.87. The van der Waals surface area contributed by atoms with Crippen LogP contribution < -0.4 is 10.2 Å². The van der Waals surface area contributed by atoms with E-state index >= 15 is 0 Å². The third kappa shape index (κ3) is 4.87. The van der Waals surface area contributed by atoms with Gasteiger partial charge in [-0.1, -0.05) is 44.2 Å². The molecule has 0 aromatic heterocycles. The number of para-hydroxylation sites is 1. The van der Waals surface area contributed by atoms with Crippen molar-refractivity contribution in [3.8, 4) is 0 Å². The fourth-order valence-corrected chi connectivity index (χ4v) is 3.74. The summed E-state index contributed by atoms with van der Waals surface area (Å²) in [4.78, 5) is 38.8. The lowest BCUT2D eigenvalue weighted by atomic mass is 10.0. The molecule has 158 valence electrons. The zero-order valence-corrected chi connectivity index (χ0v) is 17.7. The summed E-state index contributed by atoms with van der Waals surface area (Å²) < 4.78 is 5.23. The number of amides is 2. The highest BCUT2D eigenvalue weighted by Gasteiger charge is 2.36. The summed E-state index contributed by atoms with van der Waals surface area (Å²) in [7, 11) is 0. The van der Waals surface area contributed by atoms with Gasteiger partial charge in [0.1, 0.15) is 0 Å². The topological polar surface area (TPSA) is 75.7 Å².